The van der Waals surface area contributed by atoms with Crippen molar-refractivity contribution in [2.75, 3.05) is 6.54 Å². The molecule has 2 aliphatic rings. The first kappa shape index (κ1) is 12.4. The van der Waals surface area contributed by atoms with E-state index >= 15 is 0 Å². The minimum absolute atomic E-state index is 0.460. The fourth-order valence-electron chi connectivity index (χ4n) is 3.25. The minimum atomic E-state index is 0.460. The lowest BCUT2D eigenvalue weighted by molar-refractivity contribution is -0.105. The number of hydrogen-bond acceptors (Lipinski definition) is 2. The smallest absolute Gasteiger partial charge is 0.0757 e. The van der Waals surface area contributed by atoms with E-state index in [2.05, 4.69) is 26.1 Å². The third kappa shape index (κ3) is 2.78. The maximum atomic E-state index is 6.29. The second-order valence-electron chi connectivity index (χ2n) is 5.87. The molecule has 0 bridgehead atoms. The lowest BCUT2D eigenvalue weighted by Crippen LogP contribution is -2.51. The van der Waals surface area contributed by atoms with Crippen LogP contribution < -0.4 is 5.32 Å². The molecule has 0 aromatic rings. The first-order valence-corrected chi connectivity index (χ1v) is 7.09. The normalized spacial score (nSPS) is 40.7. The van der Waals surface area contributed by atoms with E-state index in [-0.39, 0.29) is 0 Å². The van der Waals surface area contributed by atoms with Crippen molar-refractivity contribution < 1.29 is 4.74 Å². The number of hydrogen-bond donors (Lipinski definition) is 1. The molecule has 4 atom stereocenters. The number of nitrogens with one attached hydrogen (secondary N) is 1. The van der Waals surface area contributed by atoms with Crippen LogP contribution in [0, 0.1) is 11.8 Å². The molecule has 0 aromatic heterocycles. The van der Waals surface area contributed by atoms with Gasteiger partial charge in [-0.15, -0.1) is 0 Å². The monoisotopic (exact) mass is 225 g/mol. The SMILES string of the molecule is CCNC1CC(C)CC(C)C1OC1CCC1. The number of likely N-dealkylation sites (N-methyl/N-ethyl adjacent to an activating group) is 1. The van der Waals surface area contributed by atoms with Crippen LogP contribution in [0.4, 0.5) is 0 Å². The summed E-state index contributed by atoms with van der Waals surface area (Å²) < 4.78 is 6.29. The molecule has 4 unspecified atom stereocenters. The van der Waals surface area contributed by atoms with E-state index in [1.807, 2.05) is 0 Å². The summed E-state index contributed by atoms with van der Waals surface area (Å²) in [6, 6.07) is 0.587. The van der Waals surface area contributed by atoms with Gasteiger partial charge < -0.3 is 10.1 Å². The molecule has 2 fully saturated rings. The summed E-state index contributed by atoms with van der Waals surface area (Å²) in [6.07, 6.45) is 7.60. The Balaban J connectivity index is 1.92. The van der Waals surface area contributed by atoms with Crippen molar-refractivity contribution in [3.05, 3.63) is 0 Å². The summed E-state index contributed by atoms with van der Waals surface area (Å²) in [6.45, 7) is 8.00. The fourth-order valence-corrected chi connectivity index (χ4v) is 3.25. The molecule has 0 radical (unpaired) electrons. The van der Waals surface area contributed by atoms with Crippen molar-refractivity contribution in [1.82, 2.24) is 5.32 Å². The minimum Gasteiger partial charge on any atom is -0.373 e. The lowest BCUT2D eigenvalue weighted by atomic mass is 9.77. The molecule has 0 spiro atoms. The van der Waals surface area contributed by atoms with Gasteiger partial charge in [0.25, 0.3) is 0 Å². The third-order valence-electron chi connectivity index (χ3n) is 4.26. The number of ether oxygens (including phenoxy) is 1. The van der Waals surface area contributed by atoms with E-state index in [1.54, 1.807) is 0 Å². The average Bonchev–Trinajstić information content (AvgIpc) is 2.14. The number of rotatable bonds is 4. The maximum absolute atomic E-state index is 6.29. The second-order valence-corrected chi connectivity index (χ2v) is 5.87. The summed E-state index contributed by atoms with van der Waals surface area (Å²) >= 11 is 0. The topological polar surface area (TPSA) is 21.3 Å². The van der Waals surface area contributed by atoms with Gasteiger partial charge >= 0.3 is 0 Å². The van der Waals surface area contributed by atoms with Gasteiger partial charge in [0.2, 0.25) is 0 Å². The lowest BCUT2D eigenvalue weighted by Gasteiger charge is -2.43. The molecule has 2 aliphatic carbocycles. The largest absolute Gasteiger partial charge is 0.373 e. The molecule has 1 N–H and O–H groups in total. The highest BCUT2D eigenvalue weighted by Gasteiger charge is 2.36. The summed E-state index contributed by atoms with van der Waals surface area (Å²) in [5, 5.41) is 3.62. The van der Waals surface area contributed by atoms with Gasteiger partial charge in [0, 0.05) is 6.04 Å². The highest BCUT2D eigenvalue weighted by Crippen LogP contribution is 2.34. The zero-order chi connectivity index (χ0) is 11.5. The van der Waals surface area contributed by atoms with Gasteiger partial charge in [-0.3, -0.25) is 0 Å². The van der Waals surface area contributed by atoms with Crippen LogP contribution in [0.3, 0.4) is 0 Å². The predicted octanol–water partition coefficient (Wildman–Crippen LogP) is 2.97. The van der Waals surface area contributed by atoms with Crippen LogP contribution in [-0.2, 0) is 4.74 Å². The van der Waals surface area contributed by atoms with E-state index < -0.39 is 0 Å². The van der Waals surface area contributed by atoms with Crippen LogP contribution in [-0.4, -0.2) is 24.8 Å². The van der Waals surface area contributed by atoms with E-state index in [1.165, 1.54) is 32.1 Å². The Morgan fingerprint density at radius 2 is 1.94 bits per heavy atom. The van der Waals surface area contributed by atoms with Crippen molar-refractivity contribution in [1.29, 1.82) is 0 Å². The van der Waals surface area contributed by atoms with Gasteiger partial charge in [0.05, 0.1) is 12.2 Å². The second kappa shape index (κ2) is 5.50. The Hall–Kier alpha value is -0.0800. The van der Waals surface area contributed by atoms with E-state index in [9.17, 15) is 0 Å². The Morgan fingerprint density at radius 3 is 2.50 bits per heavy atom. The molecule has 0 aromatic carbocycles. The molecule has 2 heteroatoms. The first-order chi connectivity index (χ1) is 7.70. The van der Waals surface area contributed by atoms with E-state index in [0.29, 0.717) is 24.2 Å². The molecule has 2 rings (SSSR count). The molecular formula is C14H27NO. The van der Waals surface area contributed by atoms with Crippen molar-refractivity contribution in [3.63, 3.8) is 0 Å². The Morgan fingerprint density at radius 1 is 1.19 bits per heavy atom. The first-order valence-electron chi connectivity index (χ1n) is 7.09. The van der Waals surface area contributed by atoms with Gasteiger partial charge in [-0.25, -0.2) is 0 Å². The van der Waals surface area contributed by atoms with Crippen LogP contribution in [0.5, 0.6) is 0 Å². The van der Waals surface area contributed by atoms with Crippen molar-refractivity contribution in [2.24, 2.45) is 11.8 Å². The molecular weight excluding hydrogens is 198 g/mol. The van der Waals surface area contributed by atoms with E-state index in [4.69, 9.17) is 4.74 Å². The summed E-state index contributed by atoms with van der Waals surface area (Å²) in [7, 11) is 0. The van der Waals surface area contributed by atoms with Gasteiger partial charge in [-0.1, -0.05) is 20.8 Å². The van der Waals surface area contributed by atoms with Crippen LogP contribution in [0.2, 0.25) is 0 Å². The van der Waals surface area contributed by atoms with Gasteiger partial charge in [0.15, 0.2) is 0 Å². The highest BCUT2D eigenvalue weighted by atomic mass is 16.5. The van der Waals surface area contributed by atoms with Crippen LogP contribution >= 0.6 is 0 Å². The van der Waals surface area contributed by atoms with Crippen molar-refractivity contribution >= 4 is 0 Å². The standard InChI is InChI=1S/C14H27NO/c1-4-15-13-9-10(2)8-11(3)14(13)16-12-6-5-7-12/h10-15H,4-9H2,1-3H3. The van der Waals surface area contributed by atoms with Gasteiger partial charge in [-0.2, -0.15) is 0 Å². The molecule has 0 saturated heterocycles. The van der Waals surface area contributed by atoms with Crippen LogP contribution in [0.25, 0.3) is 0 Å². The van der Waals surface area contributed by atoms with E-state index in [0.717, 1.165) is 12.5 Å². The van der Waals surface area contributed by atoms with Gasteiger partial charge in [-0.05, 0) is 50.5 Å². The summed E-state index contributed by atoms with van der Waals surface area (Å²) in [5.41, 5.74) is 0. The molecule has 0 heterocycles. The summed E-state index contributed by atoms with van der Waals surface area (Å²) in [5.74, 6) is 1.56. The van der Waals surface area contributed by atoms with Crippen molar-refractivity contribution in [3.8, 4) is 0 Å². The molecule has 16 heavy (non-hydrogen) atoms. The average molecular weight is 225 g/mol. The molecule has 0 aliphatic heterocycles. The molecule has 2 nitrogen and oxygen atoms in total. The Kier molecular flexibility index (Phi) is 4.26. The third-order valence-corrected chi connectivity index (χ3v) is 4.26. The van der Waals surface area contributed by atoms with Gasteiger partial charge in [0.1, 0.15) is 0 Å². The molecule has 2 saturated carbocycles. The van der Waals surface area contributed by atoms with Crippen LogP contribution in [0.1, 0.15) is 52.9 Å². The Bertz CT molecular complexity index is 215. The fraction of sp³-hybridized carbons (Fsp3) is 1.00. The zero-order valence-corrected chi connectivity index (χ0v) is 11.0. The molecule has 94 valence electrons. The quantitative estimate of drug-likeness (QED) is 0.794. The van der Waals surface area contributed by atoms with Crippen LogP contribution in [0.15, 0.2) is 0 Å². The Labute approximate surface area is 100 Å². The summed E-state index contributed by atoms with van der Waals surface area (Å²) in [4.78, 5) is 0. The zero-order valence-electron chi connectivity index (χ0n) is 11.0. The highest BCUT2D eigenvalue weighted by molar-refractivity contribution is 4.90. The van der Waals surface area contributed by atoms with Crippen molar-refractivity contribution in [2.45, 2.75) is 71.1 Å². The molecule has 0 amide bonds. The maximum Gasteiger partial charge on any atom is 0.0757 e. The predicted molar refractivity (Wildman–Crippen MR) is 67.5 cm³/mol.